The van der Waals surface area contributed by atoms with Crippen molar-refractivity contribution in [3.8, 4) is 0 Å². The van der Waals surface area contributed by atoms with Gasteiger partial charge < -0.3 is 9.47 Å². The molecule has 0 saturated carbocycles. The first-order chi connectivity index (χ1) is 12.9. The van der Waals surface area contributed by atoms with Crippen molar-refractivity contribution >= 4 is 5.91 Å². The maximum Gasteiger partial charge on any atom is 0.263 e. The molecule has 3 rings (SSSR count). The quantitative estimate of drug-likeness (QED) is 0.825. The van der Waals surface area contributed by atoms with Crippen LogP contribution in [0.1, 0.15) is 46.4 Å². The highest BCUT2D eigenvalue weighted by molar-refractivity contribution is 5.95. The number of halogens is 1. The Morgan fingerprint density at radius 3 is 2.74 bits per heavy atom. The van der Waals surface area contributed by atoms with E-state index in [-0.39, 0.29) is 22.8 Å². The number of likely N-dealkylation sites (tertiary alicyclic amines) is 1. The first-order valence-electron chi connectivity index (χ1n) is 9.58. The van der Waals surface area contributed by atoms with E-state index in [1.54, 1.807) is 18.0 Å². The van der Waals surface area contributed by atoms with Crippen molar-refractivity contribution in [3.63, 3.8) is 0 Å². The van der Waals surface area contributed by atoms with Crippen molar-refractivity contribution < 1.29 is 9.18 Å². The molecule has 0 radical (unpaired) electrons. The van der Waals surface area contributed by atoms with Gasteiger partial charge in [-0.1, -0.05) is 18.2 Å². The normalized spacial score (nSPS) is 17.2. The van der Waals surface area contributed by atoms with Crippen LogP contribution in [-0.4, -0.2) is 28.5 Å². The molecule has 1 aliphatic heterocycles. The Kier molecular flexibility index (Phi) is 5.78. The Labute approximate surface area is 159 Å². The van der Waals surface area contributed by atoms with E-state index in [9.17, 15) is 14.0 Å². The van der Waals surface area contributed by atoms with Crippen LogP contribution in [0.4, 0.5) is 4.39 Å². The molecule has 1 aromatic carbocycles. The van der Waals surface area contributed by atoms with Crippen molar-refractivity contribution in [2.75, 3.05) is 13.1 Å². The Balaban J connectivity index is 1.71. The van der Waals surface area contributed by atoms with Crippen LogP contribution in [-0.2, 0) is 13.5 Å². The number of carbonyl (C=O) groups is 1. The maximum absolute atomic E-state index is 13.8. The number of nitrogens with zero attached hydrogens (tertiary/aromatic N) is 2. The van der Waals surface area contributed by atoms with Gasteiger partial charge >= 0.3 is 0 Å². The lowest BCUT2D eigenvalue weighted by atomic mass is 9.91. The standard InChI is InChI=1S/C22H27FN2O2/c1-15-13-16(2)24(3)21(26)20(15)22(27)25-12-6-7-17(14-25)10-11-18-8-4-5-9-19(18)23/h4-5,8-9,13,17H,6-7,10-12,14H2,1-3H3/t17-/m1/s1. The second-order valence-electron chi connectivity index (χ2n) is 7.60. The summed E-state index contributed by atoms with van der Waals surface area (Å²) in [6, 6.07) is 8.74. The Morgan fingerprint density at radius 1 is 1.26 bits per heavy atom. The van der Waals surface area contributed by atoms with Crippen LogP contribution in [0, 0.1) is 25.6 Å². The zero-order chi connectivity index (χ0) is 19.6. The predicted octanol–water partition coefficient (Wildman–Crippen LogP) is 3.63. The highest BCUT2D eigenvalue weighted by atomic mass is 19.1. The zero-order valence-electron chi connectivity index (χ0n) is 16.3. The molecule has 0 spiro atoms. The molecule has 1 fully saturated rings. The lowest BCUT2D eigenvalue weighted by Gasteiger charge is -2.33. The van der Waals surface area contributed by atoms with E-state index in [1.807, 2.05) is 32.0 Å². The molecule has 0 bridgehead atoms. The van der Waals surface area contributed by atoms with Crippen molar-refractivity contribution in [2.45, 2.75) is 39.5 Å². The smallest absolute Gasteiger partial charge is 0.263 e. The van der Waals surface area contributed by atoms with Gasteiger partial charge in [0.2, 0.25) is 0 Å². The molecule has 1 amide bonds. The number of rotatable bonds is 4. The van der Waals surface area contributed by atoms with Crippen LogP contribution in [0.2, 0.25) is 0 Å². The summed E-state index contributed by atoms with van der Waals surface area (Å²) in [6.07, 6.45) is 3.46. The number of carbonyl (C=O) groups excluding carboxylic acids is 1. The van der Waals surface area contributed by atoms with E-state index in [2.05, 4.69) is 0 Å². The zero-order valence-corrected chi connectivity index (χ0v) is 16.3. The lowest BCUT2D eigenvalue weighted by Crippen LogP contribution is -2.43. The first kappa shape index (κ1) is 19.3. The SMILES string of the molecule is Cc1cc(C)n(C)c(=O)c1C(=O)N1CCC[C@H](CCc2ccccc2F)C1. The third kappa shape index (κ3) is 4.12. The van der Waals surface area contributed by atoms with E-state index >= 15 is 0 Å². The number of hydrogen-bond acceptors (Lipinski definition) is 2. The summed E-state index contributed by atoms with van der Waals surface area (Å²) < 4.78 is 15.4. The van der Waals surface area contributed by atoms with E-state index in [4.69, 9.17) is 0 Å². The van der Waals surface area contributed by atoms with Gasteiger partial charge in [-0.2, -0.15) is 0 Å². The van der Waals surface area contributed by atoms with Crippen molar-refractivity contribution in [1.29, 1.82) is 0 Å². The first-order valence-corrected chi connectivity index (χ1v) is 9.58. The molecule has 2 aromatic rings. The number of aryl methyl sites for hydroxylation is 3. The highest BCUT2D eigenvalue weighted by Crippen LogP contribution is 2.24. The molecule has 4 nitrogen and oxygen atoms in total. The monoisotopic (exact) mass is 370 g/mol. The summed E-state index contributed by atoms with van der Waals surface area (Å²) in [6.45, 7) is 4.98. The number of pyridine rings is 1. The van der Waals surface area contributed by atoms with Gasteiger partial charge in [-0.3, -0.25) is 9.59 Å². The number of hydrogen-bond donors (Lipinski definition) is 0. The van der Waals surface area contributed by atoms with Crippen LogP contribution in [0.3, 0.4) is 0 Å². The number of aromatic nitrogens is 1. The van der Waals surface area contributed by atoms with Gasteiger partial charge in [-0.25, -0.2) is 4.39 Å². The largest absolute Gasteiger partial charge is 0.338 e. The van der Waals surface area contributed by atoms with Crippen molar-refractivity contribution in [1.82, 2.24) is 9.47 Å². The fraction of sp³-hybridized carbons (Fsp3) is 0.455. The number of benzene rings is 1. The van der Waals surface area contributed by atoms with Gasteiger partial charge in [0.15, 0.2) is 0 Å². The molecule has 5 heteroatoms. The predicted molar refractivity (Wildman–Crippen MR) is 105 cm³/mol. The van der Waals surface area contributed by atoms with Crippen molar-refractivity contribution in [2.24, 2.45) is 13.0 Å². The highest BCUT2D eigenvalue weighted by Gasteiger charge is 2.27. The van der Waals surface area contributed by atoms with Crippen LogP contribution in [0.15, 0.2) is 35.1 Å². The van der Waals surface area contributed by atoms with E-state index in [1.165, 1.54) is 10.6 Å². The molecular formula is C22H27FN2O2. The molecular weight excluding hydrogens is 343 g/mol. The van der Waals surface area contributed by atoms with Crippen molar-refractivity contribution in [3.05, 3.63) is 68.9 Å². The van der Waals surface area contributed by atoms with E-state index < -0.39 is 0 Å². The molecule has 0 unspecified atom stereocenters. The third-order valence-electron chi connectivity index (χ3n) is 5.67. The van der Waals surface area contributed by atoms with Gasteiger partial charge in [0.1, 0.15) is 11.4 Å². The number of piperidine rings is 1. The van der Waals surface area contributed by atoms with Crippen LogP contribution >= 0.6 is 0 Å². The minimum atomic E-state index is -0.231. The van der Waals surface area contributed by atoms with Gasteiger partial charge in [0.25, 0.3) is 11.5 Å². The van der Waals surface area contributed by atoms with Gasteiger partial charge in [-0.15, -0.1) is 0 Å². The summed E-state index contributed by atoms with van der Waals surface area (Å²) in [7, 11) is 1.70. The Hall–Kier alpha value is -2.43. The molecule has 27 heavy (non-hydrogen) atoms. The Bertz CT molecular complexity index is 904. The minimum Gasteiger partial charge on any atom is -0.338 e. The average Bonchev–Trinajstić information content (AvgIpc) is 2.66. The van der Waals surface area contributed by atoms with E-state index in [0.717, 1.165) is 36.1 Å². The molecule has 1 aliphatic rings. The third-order valence-corrected chi connectivity index (χ3v) is 5.67. The molecule has 0 N–H and O–H groups in total. The average molecular weight is 370 g/mol. The molecule has 2 heterocycles. The molecule has 1 saturated heterocycles. The van der Waals surface area contributed by atoms with Crippen LogP contribution < -0.4 is 5.56 Å². The Morgan fingerprint density at radius 2 is 2.00 bits per heavy atom. The molecule has 1 aromatic heterocycles. The summed E-state index contributed by atoms with van der Waals surface area (Å²) in [5.41, 5.74) is 2.34. The molecule has 144 valence electrons. The van der Waals surface area contributed by atoms with Crippen LogP contribution in [0.5, 0.6) is 0 Å². The summed E-state index contributed by atoms with van der Waals surface area (Å²) >= 11 is 0. The second-order valence-corrected chi connectivity index (χ2v) is 7.60. The minimum absolute atomic E-state index is 0.167. The fourth-order valence-electron chi connectivity index (χ4n) is 3.94. The van der Waals surface area contributed by atoms with Gasteiger partial charge in [0, 0.05) is 25.8 Å². The molecule has 0 aliphatic carbocycles. The summed E-state index contributed by atoms with van der Waals surface area (Å²) in [5, 5.41) is 0. The van der Waals surface area contributed by atoms with Gasteiger partial charge in [0.05, 0.1) is 0 Å². The topological polar surface area (TPSA) is 42.3 Å². The molecule has 1 atom stereocenters. The number of amides is 1. The second kappa shape index (κ2) is 8.07. The summed E-state index contributed by atoms with van der Waals surface area (Å²) in [4.78, 5) is 27.4. The van der Waals surface area contributed by atoms with Gasteiger partial charge in [-0.05, 0) is 68.7 Å². The fourth-order valence-corrected chi connectivity index (χ4v) is 3.94. The summed E-state index contributed by atoms with van der Waals surface area (Å²) in [5.74, 6) is -0.0133. The van der Waals surface area contributed by atoms with Crippen LogP contribution in [0.25, 0.3) is 0 Å². The van der Waals surface area contributed by atoms with E-state index in [0.29, 0.717) is 25.4 Å². The lowest BCUT2D eigenvalue weighted by molar-refractivity contribution is 0.0665. The maximum atomic E-state index is 13.8.